The van der Waals surface area contributed by atoms with Crippen molar-refractivity contribution in [1.82, 2.24) is 14.9 Å². The number of hydrogen-bond acceptors (Lipinski definition) is 5. The Bertz CT molecular complexity index is 467. The first-order chi connectivity index (χ1) is 9.03. The molecule has 5 nitrogen and oxygen atoms in total. The Labute approximate surface area is 120 Å². The van der Waals surface area contributed by atoms with Gasteiger partial charge in [-0.05, 0) is 32.3 Å². The van der Waals surface area contributed by atoms with Crippen LogP contribution in [0.1, 0.15) is 18.7 Å². The van der Waals surface area contributed by atoms with Crippen LogP contribution in [-0.2, 0) is 16.6 Å². The van der Waals surface area contributed by atoms with Crippen molar-refractivity contribution in [1.29, 1.82) is 0 Å². The number of rotatable bonds is 9. The summed E-state index contributed by atoms with van der Waals surface area (Å²) in [6.07, 6.45) is 0. The van der Waals surface area contributed by atoms with E-state index in [9.17, 15) is 8.42 Å². The summed E-state index contributed by atoms with van der Waals surface area (Å²) in [4.78, 5) is 3.20. The van der Waals surface area contributed by atoms with Crippen LogP contribution in [-0.4, -0.2) is 46.5 Å². The van der Waals surface area contributed by atoms with Crippen LogP contribution >= 0.6 is 11.3 Å². The zero-order chi connectivity index (χ0) is 14.3. The summed E-state index contributed by atoms with van der Waals surface area (Å²) in [7, 11) is -1.51. The predicted molar refractivity (Wildman–Crippen MR) is 80.1 cm³/mol. The standard InChI is InChI=1S/C12H23N3O2S2/c1-4-15(5-2)9-8-14-19(16,17)12-7-6-11(18-12)10-13-3/h6-7,13-14H,4-5,8-10H2,1-3H3. The summed E-state index contributed by atoms with van der Waals surface area (Å²) in [6.45, 7) is 7.89. The van der Waals surface area contributed by atoms with Crippen LogP contribution in [0, 0.1) is 0 Å². The molecule has 0 fully saturated rings. The van der Waals surface area contributed by atoms with Crippen molar-refractivity contribution in [2.24, 2.45) is 0 Å². The third-order valence-corrected chi connectivity index (χ3v) is 5.91. The lowest BCUT2D eigenvalue weighted by molar-refractivity contribution is 0.309. The third-order valence-electron chi connectivity index (χ3n) is 2.87. The molecule has 7 heteroatoms. The molecule has 0 atom stereocenters. The molecular weight excluding hydrogens is 282 g/mol. The van der Waals surface area contributed by atoms with Gasteiger partial charge >= 0.3 is 0 Å². The molecule has 1 aromatic heterocycles. The van der Waals surface area contributed by atoms with E-state index in [1.54, 1.807) is 6.07 Å². The van der Waals surface area contributed by atoms with Crippen molar-refractivity contribution >= 4 is 21.4 Å². The summed E-state index contributed by atoms with van der Waals surface area (Å²) < 4.78 is 27.2. The van der Waals surface area contributed by atoms with E-state index < -0.39 is 10.0 Å². The van der Waals surface area contributed by atoms with E-state index in [1.807, 2.05) is 13.1 Å². The van der Waals surface area contributed by atoms with Crippen LogP contribution in [0.3, 0.4) is 0 Å². The highest BCUT2D eigenvalue weighted by molar-refractivity contribution is 7.91. The topological polar surface area (TPSA) is 61.4 Å². The fourth-order valence-corrected chi connectivity index (χ4v) is 4.15. The molecule has 1 aromatic rings. The predicted octanol–water partition coefficient (Wildman–Crippen LogP) is 1.09. The van der Waals surface area contributed by atoms with Gasteiger partial charge in [-0.1, -0.05) is 13.8 Å². The van der Waals surface area contributed by atoms with Crippen LogP contribution in [0.2, 0.25) is 0 Å². The van der Waals surface area contributed by atoms with E-state index in [4.69, 9.17) is 0 Å². The second-order valence-corrected chi connectivity index (χ2v) is 7.34. The lowest BCUT2D eigenvalue weighted by Gasteiger charge is -2.17. The number of likely N-dealkylation sites (N-methyl/N-ethyl adjacent to an activating group) is 1. The lowest BCUT2D eigenvalue weighted by Crippen LogP contribution is -2.34. The van der Waals surface area contributed by atoms with Crippen molar-refractivity contribution in [2.75, 3.05) is 33.2 Å². The smallest absolute Gasteiger partial charge is 0.250 e. The van der Waals surface area contributed by atoms with Crippen LogP contribution in [0.5, 0.6) is 0 Å². The van der Waals surface area contributed by atoms with Gasteiger partial charge in [0.25, 0.3) is 0 Å². The molecule has 2 N–H and O–H groups in total. The van der Waals surface area contributed by atoms with Gasteiger partial charge in [0.05, 0.1) is 0 Å². The van der Waals surface area contributed by atoms with E-state index >= 15 is 0 Å². The summed E-state index contributed by atoms with van der Waals surface area (Å²) >= 11 is 1.31. The fraction of sp³-hybridized carbons (Fsp3) is 0.667. The molecular formula is C12H23N3O2S2. The van der Waals surface area contributed by atoms with Gasteiger partial charge in [-0.15, -0.1) is 11.3 Å². The highest BCUT2D eigenvalue weighted by Crippen LogP contribution is 2.21. The van der Waals surface area contributed by atoms with Gasteiger partial charge in [-0.3, -0.25) is 0 Å². The third kappa shape index (κ3) is 5.19. The zero-order valence-corrected chi connectivity index (χ0v) is 13.4. The Morgan fingerprint density at radius 1 is 1.26 bits per heavy atom. The van der Waals surface area contributed by atoms with Crippen LogP contribution in [0.4, 0.5) is 0 Å². The maximum Gasteiger partial charge on any atom is 0.250 e. The van der Waals surface area contributed by atoms with E-state index in [1.165, 1.54) is 11.3 Å². The largest absolute Gasteiger partial charge is 0.315 e. The quantitative estimate of drug-likeness (QED) is 0.717. The second kappa shape index (κ2) is 7.96. The van der Waals surface area contributed by atoms with Crippen LogP contribution in [0.25, 0.3) is 0 Å². The van der Waals surface area contributed by atoms with Gasteiger partial charge in [-0.2, -0.15) is 0 Å². The first-order valence-electron chi connectivity index (χ1n) is 6.48. The molecule has 0 spiro atoms. The average molecular weight is 305 g/mol. The van der Waals surface area contributed by atoms with Gasteiger partial charge in [0, 0.05) is 24.5 Å². The molecule has 0 aliphatic heterocycles. The first-order valence-corrected chi connectivity index (χ1v) is 8.78. The molecule has 1 heterocycles. The van der Waals surface area contributed by atoms with E-state index in [0.29, 0.717) is 17.3 Å². The number of thiophene rings is 1. The molecule has 0 radical (unpaired) electrons. The zero-order valence-electron chi connectivity index (χ0n) is 11.8. The SMILES string of the molecule is CCN(CC)CCNS(=O)(=O)c1ccc(CNC)s1. The van der Waals surface area contributed by atoms with Gasteiger partial charge in [0.15, 0.2) is 0 Å². The number of nitrogens with one attached hydrogen (secondary N) is 2. The van der Waals surface area contributed by atoms with Crippen molar-refractivity contribution in [2.45, 2.75) is 24.6 Å². The van der Waals surface area contributed by atoms with Gasteiger partial charge in [0.1, 0.15) is 4.21 Å². The van der Waals surface area contributed by atoms with Crippen molar-refractivity contribution in [3.63, 3.8) is 0 Å². The molecule has 0 amide bonds. The number of hydrogen-bond donors (Lipinski definition) is 2. The minimum absolute atomic E-state index is 0.386. The minimum Gasteiger partial charge on any atom is -0.315 e. The van der Waals surface area contributed by atoms with E-state index in [2.05, 4.69) is 28.8 Å². The Morgan fingerprint density at radius 2 is 1.95 bits per heavy atom. The summed E-state index contributed by atoms with van der Waals surface area (Å²) in [5.41, 5.74) is 0. The highest BCUT2D eigenvalue weighted by Gasteiger charge is 2.16. The maximum absolute atomic E-state index is 12.1. The molecule has 0 aliphatic carbocycles. The Hall–Kier alpha value is -0.470. The Kier molecular flexibility index (Phi) is 6.95. The molecule has 0 bridgehead atoms. The second-order valence-electron chi connectivity index (χ2n) is 4.18. The summed E-state index contributed by atoms with van der Waals surface area (Å²) in [5.74, 6) is 0. The molecule has 0 aliphatic rings. The van der Waals surface area contributed by atoms with Crippen LogP contribution in [0.15, 0.2) is 16.3 Å². The summed E-state index contributed by atoms with van der Waals surface area (Å²) in [6, 6.07) is 3.51. The molecule has 110 valence electrons. The molecule has 1 rings (SSSR count). The first kappa shape index (κ1) is 16.6. The van der Waals surface area contributed by atoms with Crippen molar-refractivity contribution in [3.05, 3.63) is 17.0 Å². The normalized spacial score (nSPS) is 12.2. The van der Waals surface area contributed by atoms with E-state index in [0.717, 1.165) is 24.5 Å². The van der Waals surface area contributed by atoms with Gasteiger partial charge in [-0.25, -0.2) is 13.1 Å². The molecule has 19 heavy (non-hydrogen) atoms. The van der Waals surface area contributed by atoms with Gasteiger partial charge in [0.2, 0.25) is 10.0 Å². The Morgan fingerprint density at radius 3 is 2.53 bits per heavy atom. The maximum atomic E-state index is 12.1. The van der Waals surface area contributed by atoms with Crippen molar-refractivity contribution in [3.8, 4) is 0 Å². The number of nitrogens with zero attached hydrogens (tertiary/aromatic N) is 1. The molecule has 0 aromatic carbocycles. The average Bonchev–Trinajstić information content (AvgIpc) is 2.84. The summed E-state index contributed by atoms with van der Waals surface area (Å²) in [5, 5.41) is 3.01. The minimum atomic E-state index is -3.36. The lowest BCUT2D eigenvalue weighted by atomic mass is 10.5. The molecule has 0 saturated heterocycles. The van der Waals surface area contributed by atoms with Crippen molar-refractivity contribution < 1.29 is 8.42 Å². The monoisotopic (exact) mass is 305 g/mol. The Balaban J connectivity index is 2.55. The highest BCUT2D eigenvalue weighted by atomic mass is 32.2. The number of sulfonamides is 1. The fourth-order valence-electron chi connectivity index (χ4n) is 1.72. The van der Waals surface area contributed by atoms with Crippen LogP contribution < -0.4 is 10.0 Å². The molecule has 0 unspecified atom stereocenters. The van der Waals surface area contributed by atoms with Gasteiger partial charge < -0.3 is 10.2 Å². The van der Waals surface area contributed by atoms with E-state index in [-0.39, 0.29) is 0 Å². The molecule has 0 saturated carbocycles.